The van der Waals surface area contributed by atoms with Crippen molar-refractivity contribution < 1.29 is 9.90 Å². The molecule has 1 amide bonds. The molecule has 2 rings (SSSR count). The zero-order chi connectivity index (χ0) is 15.1. The molecule has 0 aliphatic heterocycles. The first-order valence-electron chi connectivity index (χ1n) is 6.99. The van der Waals surface area contributed by atoms with Crippen molar-refractivity contribution in [2.75, 3.05) is 13.1 Å². The fourth-order valence-electron chi connectivity index (χ4n) is 2.06. The molecule has 0 aliphatic rings. The van der Waals surface area contributed by atoms with Crippen molar-refractivity contribution in [1.29, 1.82) is 0 Å². The van der Waals surface area contributed by atoms with Crippen molar-refractivity contribution in [1.82, 2.24) is 5.32 Å². The fourth-order valence-corrected chi connectivity index (χ4v) is 2.97. The topological polar surface area (TPSA) is 75.4 Å². The maximum atomic E-state index is 11.0. The van der Waals surface area contributed by atoms with Gasteiger partial charge in [0.2, 0.25) is 0 Å². The summed E-state index contributed by atoms with van der Waals surface area (Å²) in [6, 6.07) is 13.3. The summed E-state index contributed by atoms with van der Waals surface area (Å²) >= 11 is 1.45. The average molecular weight is 304 g/mol. The molecule has 0 spiro atoms. The van der Waals surface area contributed by atoms with Gasteiger partial charge in [-0.05, 0) is 37.1 Å². The Hall–Kier alpha value is -1.69. The number of thiophene rings is 1. The Kier molecular flexibility index (Phi) is 5.92. The summed E-state index contributed by atoms with van der Waals surface area (Å²) < 4.78 is 0. The fraction of sp³-hybridized carbons (Fsp3) is 0.312. The van der Waals surface area contributed by atoms with Gasteiger partial charge in [-0.2, -0.15) is 0 Å². The first kappa shape index (κ1) is 15.7. The van der Waals surface area contributed by atoms with Gasteiger partial charge in [-0.3, -0.25) is 4.79 Å². The lowest BCUT2D eigenvalue weighted by Gasteiger charge is -2.11. The van der Waals surface area contributed by atoms with Gasteiger partial charge in [0.05, 0.1) is 11.0 Å². The Balaban J connectivity index is 1.64. The number of carbonyl (C=O) groups is 1. The SMILES string of the molecule is NC(=O)c1ccc(CCCNC[C@H](O)c2ccccc2)s1. The van der Waals surface area contributed by atoms with Gasteiger partial charge in [-0.15, -0.1) is 11.3 Å². The van der Waals surface area contributed by atoms with Crippen LogP contribution in [-0.4, -0.2) is 24.1 Å². The van der Waals surface area contributed by atoms with E-state index in [0.29, 0.717) is 11.4 Å². The van der Waals surface area contributed by atoms with Gasteiger partial charge < -0.3 is 16.2 Å². The van der Waals surface area contributed by atoms with Crippen LogP contribution in [0.2, 0.25) is 0 Å². The second-order valence-corrected chi connectivity index (χ2v) is 6.03. The number of primary amides is 1. The van der Waals surface area contributed by atoms with Gasteiger partial charge >= 0.3 is 0 Å². The summed E-state index contributed by atoms with van der Waals surface area (Å²) in [7, 11) is 0. The van der Waals surface area contributed by atoms with Crippen LogP contribution in [0.5, 0.6) is 0 Å². The highest BCUT2D eigenvalue weighted by Gasteiger charge is 2.06. The Bertz CT molecular complexity index is 569. The van der Waals surface area contributed by atoms with Gasteiger partial charge in [0, 0.05) is 11.4 Å². The third-order valence-electron chi connectivity index (χ3n) is 3.20. The van der Waals surface area contributed by atoms with Crippen LogP contribution in [0.1, 0.15) is 32.6 Å². The lowest BCUT2D eigenvalue weighted by molar-refractivity contribution is 0.100. The number of aliphatic hydroxyl groups is 1. The normalized spacial score (nSPS) is 12.2. The maximum absolute atomic E-state index is 11.0. The number of nitrogens with two attached hydrogens (primary N) is 1. The number of carbonyl (C=O) groups excluding carboxylic acids is 1. The summed E-state index contributed by atoms with van der Waals surface area (Å²) in [6.07, 6.45) is 1.39. The molecular weight excluding hydrogens is 284 g/mol. The van der Waals surface area contributed by atoms with Crippen molar-refractivity contribution in [2.24, 2.45) is 5.73 Å². The number of aryl methyl sites for hydroxylation is 1. The van der Waals surface area contributed by atoms with E-state index in [-0.39, 0.29) is 5.91 Å². The molecule has 21 heavy (non-hydrogen) atoms. The lowest BCUT2D eigenvalue weighted by atomic mass is 10.1. The van der Waals surface area contributed by atoms with Crippen LogP contribution < -0.4 is 11.1 Å². The van der Waals surface area contributed by atoms with Gasteiger partial charge in [-0.25, -0.2) is 0 Å². The molecule has 2 aromatic rings. The highest BCUT2D eigenvalue weighted by atomic mass is 32.1. The molecule has 1 atom stereocenters. The molecule has 112 valence electrons. The highest BCUT2D eigenvalue weighted by Crippen LogP contribution is 2.17. The van der Waals surface area contributed by atoms with Crippen LogP contribution >= 0.6 is 11.3 Å². The largest absolute Gasteiger partial charge is 0.387 e. The van der Waals surface area contributed by atoms with Crippen molar-refractivity contribution in [2.45, 2.75) is 18.9 Å². The van der Waals surface area contributed by atoms with E-state index in [0.717, 1.165) is 29.8 Å². The molecule has 0 fully saturated rings. The standard InChI is InChI=1S/C16H20N2O2S/c17-16(20)15-9-8-13(21-15)7-4-10-18-11-14(19)12-5-2-1-3-6-12/h1-3,5-6,8-9,14,18-19H,4,7,10-11H2,(H2,17,20)/t14-/m0/s1. The summed E-state index contributed by atoms with van der Waals surface area (Å²) in [5.41, 5.74) is 6.15. The summed E-state index contributed by atoms with van der Waals surface area (Å²) in [5.74, 6) is -0.365. The quantitative estimate of drug-likeness (QED) is 0.654. The molecule has 1 aromatic heterocycles. The second-order valence-electron chi connectivity index (χ2n) is 4.86. The van der Waals surface area contributed by atoms with E-state index in [4.69, 9.17) is 5.73 Å². The summed E-state index contributed by atoms with van der Waals surface area (Å²) in [5, 5.41) is 13.2. The highest BCUT2D eigenvalue weighted by molar-refractivity contribution is 7.14. The van der Waals surface area contributed by atoms with Gasteiger partial charge in [0.15, 0.2) is 0 Å². The Labute approximate surface area is 128 Å². The molecule has 1 heterocycles. The van der Waals surface area contributed by atoms with E-state index in [1.807, 2.05) is 36.4 Å². The minimum Gasteiger partial charge on any atom is -0.387 e. The number of amides is 1. The molecule has 0 saturated carbocycles. The predicted molar refractivity (Wildman–Crippen MR) is 85.4 cm³/mol. The van der Waals surface area contributed by atoms with E-state index >= 15 is 0 Å². The molecule has 1 aromatic carbocycles. The van der Waals surface area contributed by atoms with E-state index < -0.39 is 6.10 Å². The molecule has 0 saturated heterocycles. The molecule has 5 heteroatoms. The summed E-state index contributed by atoms with van der Waals surface area (Å²) in [6.45, 7) is 1.37. The molecule has 0 radical (unpaired) electrons. The van der Waals surface area contributed by atoms with E-state index in [1.165, 1.54) is 11.3 Å². The van der Waals surface area contributed by atoms with E-state index in [2.05, 4.69) is 5.32 Å². The van der Waals surface area contributed by atoms with Gasteiger partial charge in [0.1, 0.15) is 0 Å². The van der Waals surface area contributed by atoms with Gasteiger partial charge in [-0.1, -0.05) is 30.3 Å². The third kappa shape index (κ3) is 4.97. The number of nitrogens with one attached hydrogen (secondary N) is 1. The van der Waals surface area contributed by atoms with Crippen molar-refractivity contribution >= 4 is 17.2 Å². The number of hydrogen-bond donors (Lipinski definition) is 3. The number of hydrogen-bond acceptors (Lipinski definition) is 4. The molecule has 0 bridgehead atoms. The van der Waals surface area contributed by atoms with Crippen LogP contribution in [0, 0.1) is 0 Å². The Morgan fingerprint density at radius 2 is 2.00 bits per heavy atom. The zero-order valence-electron chi connectivity index (χ0n) is 11.8. The summed E-state index contributed by atoms with van der Waals surface area (Å²) in [4.78, 5) is 12.8. The number of rotatable bonds is 8. The van der Waals surface area contributed by atoms with Crippen LogP contribution in [0.15, 0.2) is 42.5 Å². The number of aliphatic hydroxyl groups excluding tert-OH is 1. The van der Waals surface area contributed by atoms with Crippen molar-refractivity contribution in [3.8, 4) is 0 Å². The van der Waals surface area contributed by atoms with E-state index in [1.54, 1.807) is 6.07 Å². The third-order valence-corrected chi connectivity index (χ3v) is 4.36. The monoisotopic (exact) mass is 304 g/mol. The first-order chi connectivity index (χ1) is 10.2. The van der Waals surface area contributed by atoms with E-state index in [9.17, 15) is 9.90 Å². The zero-order valence-corrected chi connectivity index (χ0v) is 12.6. The second kappa shape index (κ2) is 7.93. The first-order valence-corrected chi connectivity index (χ1v) is 7.80. The lowest BCUT2D eigenvalue weighted by Crippen LogP contribution is -2.22. The predicted octanol–water partition coefficient (Wildman–Crippen LogP) is 2.10. The molecule has 0 aliphatic carbocycles. The maximum Gasteiger partial charge on any atom is 0.258 e. The van der Waals surface area contributed by atoms with Gasteiger partial charge in [0.25, 0.3) is 5.91 Å². The van der Waals surface area contributed by atoms with Crippen LogP contribution in [0.4, 0.5) is 0 Å². The van der Waals surface area contributed by atoms with Crippen LogP contribution in [0.25, 0.3) is 0 Å². The molecular formula is C16H20N2O2S. The minimum absolute atomic E-state index is 0.365. The average Bonchev–Trinajstić information content (AvgIpc) is 2.97. The smallest absolute Gasteiger partial charge is 0.258 e. The molecule has 4 nitrogen and oxygen atoms in total. The van der Waals surface area contributed by atoms with Crippen molar-refractivity contribution in [3.05, 3.63) is 57.8 Å². The van der Waals surface area contributed by atoms with Crippen LogP contribution in [0.3, 0.4) is 0 Å². The molecule has 0 unspecified atom stereocenters. The molecule has 4 N–H and O–H groups in total. The van der Waals surface area contributed by atoms with Crippen LogP contribution in [-0.2, 0) is 6.42 Å². The Morgan fingerprint density at radius 3 is 2.67 bits per heavy atom. The van der Waals surface area contributed by atoms with Crippen molar-refractivity contribution in [3.63, 3.8) is 0 Å². The minimum atomic E-state index is -0.477. The number of benzene rings is 1. The Morgan fingerprint density at radius 1 is 1.24 bits per heavy atom.